The highest BCUT2D eigenvalue weighted by molar-refractivity contribution is 6.20. The molecule has 10 heteroatoms. The molecule has 0 saturated heterocycles. The standard InChI is InChI=1S/C22H24N4O6/c1-21(31)9-6-8-7-12(28)15(20(23)30)19(29)22(8,32)18-13(9)17(24-25-18)14-11(27)5-4-10(16(14)21)26(2)3/h4-5,8-9,27,29,31-32H,6-7H2,1-3H3,(H2,23,30)(H,24,25)/t8?,9?,21-,22-/m0/s1. The summed E-state index contributed by atoms with van der Waals surface area (Å²) in [5, 5.41) is 52.1. The van der Waals surface area contributed by atoms with Gasteiger partial charge in [0, 0.05) is 49.2 Å². The quantitative estimate of drug-likeness (QED) is 0.369. The second-order valence-electron chi connectivity index (χ2n) is 9.22. The van der Waals surface area contributed by atoms with Crippen molar-refractivity contribution in [1.82, 2.24) is 10.2 Å². The molecule has 2 aromatic rings. The topological polar surface area (TPSA) is 173 Å². The van der Waals surface area contributed by atoms with Gasteiger partial charge in [-0.15, -0.1) is 0 Å². The number of benzene rings is 1. The number of nitrogens with two attached hydrogens (primary N) is 1. The monoisotopic (exact) mass is 440 g/mol. The van der Waals surface area contributed by atoms with Gasteiger partial charge in [-0.05, 0) is 25.5 Å². The third-order valence-electron chi connectivity index (χ3n) is 7.26. The number of carbonyl (C=O) groups is 2. The number of primary amides is 1. The van der Waals surface area contributed by atoms with Crippen LogP contribution in [0.5, 0.6) is 5.75 Å². The average molecular weight is 440 g/mol. The Labute approximate surface area is 183 Å². The van der Waals surface area contributed by atoms with Gasteiger partial charge >= 0.3 is 0 Å². The molecule has 7 N–H and O–H groups in total. The third-order valence-corrected chi connectivity index (χ3v) is 7.26. The number of phenols is 1. The van der Waals surface area contributed by atoms with Gasteiger partial charge in [-0.1, -0.05) is 0 Å². The van der Waals surface area contributed by atoms with E-state index >= 15 is 0 Å². The van der Waals surface area contributed by atoms with Crippen LogP contribution in [-0.4, -0.2) is 56.4 Å². The molecule has 4 atom stereocenters. The molecule has 168 valence electrons. The maximum Gasteiger partial charge on any atom is 0.255 e. The van der Waals surface area contributed by atoms with Gasteiger partial charge in [-0.2, -0.15) is 5.10 Å². The van der Waals surface area contributed by atoms with E-state index in [-0.39, 0.29) is 24.3 Å². The highest BCUT2D eigenvalue weighted by Gasteiger charge is 2.61. The first kappa shape index (κ1) is 20.5. The van der Waals surface area contributed by atoms with Crippen molar-refractivity contribution in [3.63, 3.8) is 0 Å². The molecule has 2 unspecified atom stereocenters. The van der Waals surface area contributed by atoms with E-state index in [0.717, 1.165) is 0 Å². The minimum Gasteiger partial charge on any atom is -0.508 e. The fourth-order valence-corrected chi connectivity index (χ4v) is 5.78. The zero-order valence-corrected chi connectivity index (χ0v) is 17.8. The van der Waals surface area contributed by atoms with Crippen LogP contribution in [0.2, 0.25) is 0 Å². The molecule has 1 heterocycles. The molecule has 0 bridgehead atoms. The number of Topliss-reactive ketones (excluding diaryl/α,β-unsaturated/α-hetero) is 1. The fourth-order valence-electron chi connectivity index (χ4n) is 5.78. The van der Waals surface area contributed by atoms with Gasteiger partial charge in [0.25, 0.3) is 5.91 Å². The number of hydrogen-bond acceptors (Lipinski definition) is 8. The lowest BCUT2D eigenvalue weighted by Crippen LogP contribution is -2.51. The van der Waals surface area contributed by atoms with E-state index in [1.165, 1.54) is 6.07 Å². The molecule has 0 saturated carbocycles. The minimum atomic E-state index is -2.10. The lowest BCUT2D eigenvalue weighted by molar-refractivity contribution is -0.130. The van der Waals surface area contributed by atoms with E-state index in [4.69, 9.17) is 5.73 Å². The normalized spacial score (nSPS) is 30.5. The largest absolute Gasteiger partial charge is 0.508 e. The van der Waals surface area contributed by atoms with Crippen molar-refractivity contribution in [1.29, 1.82) is 0 Å². The van der Waals surface area contributed by atoms with Crippen LogP contribution < -0.4 is 10.6 Å². The Bertz CT molecular complexity index is 1240. The van der Waals surface area contributed by atoms with Crippen LogP contribution >= 0.6 is 0 Å². The van der Waals surface area contributed by atoms with Gasteiger partial charge in [0.2, 0.25) is 0 Å². The smallest absolute Gasteiger partial charge is 0.255 e. The number of amides is 1. The summed E-state index contributed by atoms with van der Waals surface area (Å²) in [6, 6.07) is 3.21. The number of aliphatic hydroxyl groups is 3. The summed E-state index contributed by atoms with van der Waals surface area (Å²) < 4.78 is 0. The summed E-state index contributed by atoms with van der Waals surface area (Å²) in [7, 11) is 3.64. The van der Waals surface area contributed by atoms with Crippen LogP contribution in [0.1, 0.15) is 42.5 Å². The van der Waals surface area contributed by atoms with Crippen molar-refractivity contribution < 1.29 is 30.0 Å². The Morgan fingerprint density at radius 1 is 1.28 bits per heavy atom. The summed E-state index contributed by atoms with van der Waals surface area (Å²) >= 11 is 0. The Balaban J connectivity index is 1.86. The molecular formula is C22H24N4O6. The number of anilines is 1. The molecular weight excluding hydrogens is 416 g/mol. The van der Waals surface area contributed by atoms with Crippen LogP contribution in [-0.2, 0) is 20.8 Å². The Hall–Kier alpha value is -3.37. The number of phenolic OH excluding ortho intramolecular Hbond substituents is 1. The first-order chi connectivity index (χ1) is 14.9. The highest BCUT2D eigenvalue weighted by atomic mass is 16.3. The van der Waals surface area contributed by atoms with Crippen LogP contribution in [0.3, 0.4) is 0 Å². The molecule has 0 radical (unpaired) electrons. The molecule has 1 aromatic heterocycles. The number of aromatic hydroxyl groups is 1. The summed E-state index contributed by atoms with van der Waals surface area (Å²) in [6.07, 6.45) is -0.0977. The zero-order chi connectivity index (χ0) is 23.3. The molecule has 1 amide bonds. The molecule has 0 fully saturated rings. The molecule has 0 aliphatic heterocycles. The van der Waals surface area contributed by atoms with E-state index in [1.807, 2.05) is 19.0 Å². The summed E-state index contributed by atoms with van der Waals surface area (Å²) in [5.41, 5.74) is 3.42. The van der Waals surface area contributed by atoms with E-state index in [9.17, 15) is 30.0 Å². The van der Waals surface area contributed by atoms with Crippen LogP contribution in [0.15, 0.2) is 23.5 Å². The van der Waals surface area contributed by atoms with Gasteiger partial charge < -0.3 is 31.1 Å². The number of H-pyrrole nitrogens is 1. The highest BCUT2D eigenvalue weighted by Crippen LogP contribution is 2.63. The number of aromatic nitrogens is 2. The van der Waals surface area contributed by atoms with E-state index < -0.39 is 46.1 Å². The second kappa shape index (κ2) is 6.11. The van der Waals surface area contributed by atoms with Crippen LogP contribution in [0, 0.1) is 5.92 Å². The van der Waals surface area contributed by atoms with Crippen molar-refractivity contribution in [3.8, 4) is 17.0 Å². The van der Waals surface area contributed by atoms with Gasteiger partial charge in [0.05, 0.1) is 16.9 Å². The summed E-state index contributed by atoms with van der Waals surface area (Å²) in [6.45, 7) is 1.63. The summed E-state index contributed by atoms with van der Waals surface area (Å²) in [4.78, 5) is 26.2. The molecule has 3 aliphatic rings. The predicted molar refractivity (Wildman–Crippen MR) is 113 cm³/mol. The number of nitrogens with one attached hydrogen (secondary N) is 1. The number of fused-ring (bicyclic) bond motifs is 4. The first-order valence-corrected chi connectivity index (χ1v) is 10.3. The SMILES string of the molecule is CN(C)c1ccc(O)c2c1[C@@](C)(O)C1CC3CC(=O)C(C(N)=O)=C(O)[C@@]3(O)c3[nH]nc-2c31. The van der Waals surface area contributed by atoms with Gasteiger partial charge in [-0.25, -0.2) is 0 Å². The van der Waals surface area contributed by atoms with E-state index in [0.29, 0.717) is 28.1 Å². The Morgan fingerprint density at radius 2 is 1.97 bits per heavy atom. The van der Waals surface area contributed by atoms with Crippen LogP contribution in [0.25, 0.3) is 11.3 Å². The first-order valence-electron chi connectivity index (χ1n) is 10.3. The third kappa shape index (κ3) is 2.23. The number of rotatable bonds is 2. The minimum absolute atomic E-state index is 0.0816. The number of carbonyl (C=O) groups excluding carboxylic acids is 2. The fraction of sp³-hybridized carbons (Fsp3) is 0.409. The van der Waals surface area contributed by atoms with Crippen molar-refractivity contribution >= 4 is 17.4 Å². The number of aromatic amines is 1. The maximum atomic E-state index is 12.6. The van der Waals surface area contributed by atoms with E-state index in [1.54, 1.807) is 13.0 Å². The number of nitrogens with zero attached hydrogens (tertiary/aromatic N) is 2. The second-order valence-corrected chi connectivity index (χ2v) is 9.22. The molecule has 1 aromatic carbocycles. The number of hydrogen-bond donors (Lipinski definition) is 6. The summed E-state index contributed by atoms with van der Waals surface area (Å²) in [5.74, 6) is -4.11. The van der Waals surface area contributed by atoms with E-state index in [2.05, 4.69) is 10.2 Å². The predicted octanol–water partition coefficient (Wildman–Crippen LogP) is 0.631. The van der Waals surface area contributed by atoms with Crippen molar-refractivity contribution in [2.75, 3.05) is 19.0 Å². The van der Waals surface area contributed by atoms with Crippen molar-refractivity contribution in [2.45, 2.75) is 36.9 Å². The Kier molecular flexibility index (Phi) is 3.92. The Morgan fingerprint density at radius 3 is 2.59 bits per heavy atom. The lowest BCUT2D eigenvalue weighted by Gasteiger charge is -2.50. The maximum absolute atomic E-state index is 12.6. The molecule has 3 aliphatic carbocycles. The molecule has 10 nitrogen and oxygen atoms in total. The molecule has 32 heavy (non-hydrogen) atoms. The van der Waals surface area contributed by atoms with Crippen molar-refractivity contribution in [2.24, 2.45) is 11.7 Å². The van der Waals surface area contributed by atoms with Gasteiger partial charge in [0.1, 0.15) is 22.8 Å². The van der Waals surface area contributed by atoms with Crippen molar-refractivity contribution in [3.05, 3.63) is 40.3 Å². The van der Waals surface area contributed by atoms with Gasteiger partial charge in [-0.3, -0.25) is 14.7 Å². The van der Waals surface area contributed by atoms with Gasteiger partial charge in [0.15, 0.2) is 11.4 Å². The number of aliphatic hydroxyl groups excluding tert-OH is 1. The van der Waals surface area contributed by atoms with Crippen LogP contribution in [0.4, 0.5) is 5.69 Å². The molecule has 0 spiro atoms. The molecule has 5 rings (SSSR count). The number of ketones is 1. The zero-order valence-electron chi connectivity index (χ0n) is 17.8. The average Bonchev–Trinajstić information content (AvgIpc) is 3.13. The lowest BCUT2D eigenvalue weighted by atomic mass is 9.57.